The normalized spacial score (nSPS) is 5.00. The summed E-state index contributed by atoms with van der Waals surface area (Å²) in [5.74, 6) is 0. The Morgan fingerprint density at radius 2 is 0.917 bits per heavy atom. The number of hydrogen-bond donors (Lipinski definition) is 0. The van der Waals surface area contributed by atoms with E-state index in [0.29, 0.717) is 0 Å². The van der Waals surface area contributed by atoms with E-state index >= 15 is 0 Å². The summed E-state index contributed by atoms with van der Waals surface area (Å²) in [5, 5.41) is 38.5. The maximum absolute atomic E-state index is 8.25. The van der Waals surface area contributed by atoms with Crippen LogP contribution in [0.1, 0.15) is 0 Å². The molecule has 0 aliphatic rings. The van der Waals surface area contributed by atoms with Crippen LogP contribution in [0.5, 0.6) is 0 Å². The maximum atomic E-state index is 8.25. The van der Waals surface area contributed by atoms with Gasteiger partial charge in [-0.3, -0.25) is 0 Å². The van der Waals surface area contributed by atoms with E-state index < -0.39 is 10.2 Å². The van der Waals surface area contributed by atoms with Gasteiger partial charge in [0.15, 0.2) is 0 Å². The summed E-state index contributed by atoms with van der Waals surface area (Å²) >= 11 is 0. The molecule has 0 aliphatic carbocycles. The molecule has 12 heteroatoms. The van der Waals surface area contributed by atoms with Crippen molar-refractivity contribution in [3.05, 3.63) is 40.8 Å². The van der Waals surface area contributed by atoms with E-state index in [4.69, 9.17) is 40.8 Å². The minimum atomic E-state index is -1.75. The Hall–Kier alpha value is -2.49. The molecule has 0 heterocycles. The molecular weight excluding hydrogens is 184 g/mol. The smallest absolute Gasteiger partial charge is 0.444 e. The van der Waals surface area contributed by atoms with E-state index in [0.717, 1.165) is 5.34 Å². The molecule has 0 fully saturated rings. The highest BCUT2D eigenvalue weighted by atomic mass is 16.9. The summed E-state index contributed by atoms with van der Waals surface area (Å²) in [6.45, 7) is 0. The summed E-state index contributed by atoms with van der Waals surface area (Å²) in [5.41, 5.74) is 0. The van der Waals surface area contributed by atoms with Crippen LogP contribution in [0.3, 0.4) is 0 Å². The predicted molar refractivity (Wildman–Crippen MR) is 32.0 cm³/mol. The van der Waals surface area contributed by atoms with Crippen molar-refractivity contribution in [3.8, 4) is 0 Å². The second kappa shape index (κ2) is 23.6. The Morgan fingerprint density at radius 3 is 0.917 bits per heavy atom. The maximum Gasteiger partial charge on any atom is 3.00 e. The fourth-order valence-electron chi connectivity index (χ4n) is 0. The van der Waals surface area contributed by atoms with Gasteiger partial charge in [0, 0.05) is 0 Å². The van der Waals surface area contributed by atoms with Gasteiger partial charge in [-0.15, -0.1) is 5.34 Å². The molecule has 0 aromatic rings. The van der Waals surface area contributed by atoms with Gasteiger partial charge in [0.05, 0.1) is 10.2 Å². The highest BCUT2D eigenvalue weighted by Crippen LogP contribution is 1.44. The molecule has 0 saturated heterocycles. The fraction of sp³-hybridized carbons (Fsp3) is 0. The molecule has 12 heavy (non-hydrogen) atoms. The molecule has 0 aromatic heterocycles. The van der Waals surface area contributed by atoms with Crippen molar-refractivity contribution < 1.29 is 10.2 Å². The second-order valence-electron chi connectivity index (χ2n) is 0.522. The average molecular weight is 184 g/mol. The SMILES string of the molecule is O=N[O-].O=[N+]([O-])[O-].O=[N+]([O-])[O-].[N+3]. The van der Waals surface area contributed by atoms with Crippen LogP contribution >= 0.6 is 0 Å². The highest BCUT2D eigenvalue weighted by Gasteiger charge is 3.00. The van der Waals surface area contributed by atoms with Crippen LogP contribution in [0.4, 0.5) is 0 Å². The van der Waals surface area contributed by atoms with Gasteiger partial charge < -0.3 is 40.8 Å². The van der Waals surface area contributed by atoms with Crippen LogP contribution in [-0.2, 0) is 0 Å². The van der Waals surface area contributed by atoms with E-state index in [1.165, 1.54) is 0 Å². The van der Waals surface area contributed by atoms with Crippen LogP contribution in [0.25, 0.3) is 0 Å². The first kappa shape index (κ1) is 22.7. The molecule has 0 rings (SSSR count). The lowest BCUT2D eigenvalue weighted by Crippen LogP contribution is -1.74. The van der Waals surface area contributed by atoms with Crippen LogP contribution in [-0.4, -0.2) is 10.2 Å². The predicted octanol–water partition coefficient (Wildman–Crippen LogP) is -0.708. The molecular formula is N4O8. The second-order valence-corrected chi connectivity index (χ2v) is 0.522. The van der Waals surface area contributed by atoms with Gasteiger partial charge in [-0.2, -0.15) is 0 Å². The van der Waals surface area contributed by atoms with Gasteiger partial charge >= 0.3 is 6.15 Å². The summed E-state index contributed by atoms with van der Waals surface area (Å²) in [6.07, 6.45) is 0. The van der Waals surface area contributed by atoms with Crippen molar-refractivity contribution in [1.82, 2.24) is 6.15 Å². The molecule has 0 aliphatic heterocycles. The van der Waals surface area contributed by atoms with Crippen LogP contribution in [0.15, 0.2) is 5.34 Å². The first-order valence-electron chi connectivity index (χ1n) is 1.46. The molecule has 0 bridgehead atoms. The van der Waals surface area contributed by atoms with E-state index in [9.17, 15) is 0 Å². The van der Waals surface area contributed by atoms with Gasteiger partial charge in [-0.1, -0.05) is 0 Å². The quantitative estimate of drug-likeness (QED) is 0.265. The lowest BCUT2D eigenvalue weighted by Gasteiger charge is -1.74. The monoisotopic (exact) mass is 184 g/mol. The van der Waals surface area contributed by atoms with Crippen LogP contribution in [0, 0.1) is 40.8 Å². The molecule has 0 aromatic carbocycles. The van der Waals surface area contributed by atoms with E-state index in [2.05, 4.69) is 0 Å². The standard InChI is InChI=1S/2NO3.HNO2.N/c2*2-1(3)4;2-1-3;/h;;(H,2,3);/q2*-1;;+3/p-1. The third kappa shape index (κ3) is 51.3. The topological polar surface area (TPSA) is 215 Å². The summed E-state index contributed by atoms with van der Waals surface area (Å²) in [7, 11) is 0. The molecule has 0 saturated carbocycles. The Bertz CT molecular complexity index is 98.2. The number of rotatable bonds is 0. The van der Waals surface area contributed by atoms with E-state index in [1.807, 2.05) is 0 Å². The van der Waals surface area contributed by atoms with Crippen molar-refractivity contribution in [2.75, 3.05) is 0 Å². The summed E-state index contributed by atoms with van der Waals surface area (Å²) < 4.78 is 0. The Balaban J connectivity index is -0.0000000389. The van der Waals surface area contributed by atoms with Gasteiger partial charge in [0.25, 0.3) is 0 Å². The molecule has 0 amide bonds. The molecule has 2 radical (unpaired) electrons. The van der Waals surface area contributed by atoms with Crippen molar-refractivity contribution in [2.24, 2.45) is 5.34 Å². The van der Waals surface area contributed by atoms with Gasteiger partial charge in [-0.25, -0.2) is 0 Å². The molecule has 68 valence electrons. The summed E-state index contributed by atoms with van der Waals surface area (Å²) in [4.78, 5) is 24.5. The molecule has 12 nitrogen and oxygen atoms in total. The van der Waals surface area contributed by atoms with E-state index in [1.54, 1.807) is 0 Å². The van der Waals surface area contributed by atoms with Gasteiger partial charge in [0.2, 0.25) is 0 Å². The molecule has 0 unspecified atom stereocenters. The van der Waals surface area contributed by atoms with Crippen molar-refractivity contribution in [2.45, 2.75) is 0 Å². The first-order valence-corrected chi connectivity index (χ1v) is 1.46. The molecule has 0 N–H and O–H groups in total. The first-order chi connectivity index (χ1) is 4.88. The largest absolute Gasteiger partial charge is 3.00 e. The molecule has 0 atom stereocenters. The Morgan fingerprint density at radius 1 is 0.917 bits per heavy atom. The van der Waals surface area contributed by atoms with Crippen LogP contribution in [0.2, 0.25) is 0 Å². The van der Waals surface area contributed by atoms with Crippen molar-refractivity contribution >= 4 is 0 Å². The minimum Gasteiger partial charge on any atom is -0.444 e. The molecule has 0 spiro atoms. The van der Waals surface area contributed by atoms with E-state index in [-0.39, 0.29) is 6.15 Å². The Labute approximate surface area is 63.8 Å². The Kier molecular flexibility index (Phi) is 44.6. The highest BCUT2D eigenvalue weighted by molar-refractivity contribution is 4.21. The minimum absolute atomic E-state index is 0. The lowest BCUT2D eigenvalue weighted by atomic mass is 13.1. The number of hydrogen-bond acceptors (Lipinski definition) is 9. The third-order valence-electron chi connectivity index (χ3n) is 0. The fourth-order valence-corrected chi connectivity index (χ4v) is 0. The lowest BCUT2D eigenvalue weighted by molar-refractivity contribution is -0.403. The zero-order valence-corrected chi connectivity index (χ0v) is 5.05. The third-order valence-corrected chi connectivity index (χ3v) is 0. The average Bonchev–Trinajstić information content (AvgIpc) is 1.60. The zero-order chi connectivity index (χ0) is 9.86. The number of nitrogens with zero attached hydrogens (tertiary/aromatic N) is 4. The van der Waals surface area contributed by atoms with Gasteiger partial charge in [0.1, 0.15) is 0 Å². The zero-order valence-electron chi connectivity index (χ0n) is 5.05. The van der Waals surface area contributed by atoms with Crippen molar-refractivity contribution in [1.29, 1.82) is 0 Å². The van der Waals surface area contributed by atoms with Crippen molar-refractivity contribution in [3.63, 3.8) is 0 Å². The van der Waals surface area contributed by atoms with Crippen LogP contribution < -0.4 is 6.15 Å². The van der Waals surface area contributed by atoms with Gasteiger partial charge in [-0.05, 0) is 0 Å². The summed E-state index contributed by atoms with van der Waals surface area (Å²) in [6, 6.07) is 0.